The van der Waals surface area contributed by atoms with E-state index in [1.54, 1.807) is 13.2 Å². The van der Waals surface area contributed by atoms with Gasteiger partial charge >= 0.3 is 5.69 Å². The third kappa shape index (κ3) is 5.99. The van der Waals surface area contributed by atoms with Crippen molar-refractivity contribution in [2.24, 2.45) is 0 Å². The fourth-order valence-corrected chi connectivity index (χ4v) is 1.81. The lowest BCUT2D eigenvalue weighted by Crippen LogP contribution is -2.85. The van der Waals surface area contributed by atoms with Crippen LogP contribution < -0.4 is 10.1 Å². The topological polar surface area (TPSA) is 78.2 Å². The summed E-state index contributed by atoms with van der Waals surface area (Å²) < 4.78 is 10.5. The summed E-state index contributed by atoms with van der Waals surface area (Å²) in [5.41, 5.74) is 0.897. The van der Waals surface area contributed by atoms with Gasteiger partial charge in [-0.2, -0.15) is 0 Å². The van der Waals surface area contributed by atoms with Crippen LogP contribution in [0.3, 0.4) is 0 Å². The number of rotatable bonds is 10. The van der Waals surface area contributed by atoms with E-state index in [1.165, 1.54) is 6.07 Å². The van der Waals surface area contributed by atoms with Crippen molar-refractivity contribution in [2.45, 2.75) is 19.8 Å². The maximum atomic E-state index is 10.9. The Balaban J connectivity index is 2.27. The second-order valence-corrected chi connectivity index (χ2v) is 4.64. The van der Waals surface area contributed by atoms with Crippen molar-refractivity contribution in [3.63, 3.8) is 0 Å². The van der Waals surface area contributed by atoms with Gasteiger partial charge in [0.15, 0.2) is 5.75 Å². The van der Waals surface area contributed by atoms with Crippen molar-refractivity contribution in [1.82, 2.24) is 0 Å². The number of nitrogens with zero attached hydrogens (tertiary/aromatic N) is 1. The SMILES string of the molecule is COCC[NH2+]CCCCOc1ccc(C)cc1[N+](=O)[O-]. The molecule has 0 aliphatic rings. The van der Waals surface area contributed by atoms with Crippen molar-refractivity contribution in [3.8, 4) is 5.75 Å². The van der Waals surface area contributed by atoms with Crippen LogP contribution in [-0.2, 0) is 4.74 Å². The van der Waals surface area contributed by atoms with Gasteiger partial charge in [-0.25, -0.2) is 0 Å². The van der Waals surface area contributed by atoms with Crippen LogP contribution in [0, 0.1) is 17.0 Å². The van der Waals surface area contributed by atoms with Gasteiger partial charge in [0.1, 0.15) is 0 Å². The number of hydrogen-bond donors (Lipinski definition) is 1. The summed E-state index contributed by atoms with van der Waals surface area (Å²) in [6.07, 6.45) is 1.90. The normalized spacial score (nSPS) is 10.5. The van der Waals surface area contributed by atoms with E-state index in [2.05, 4.69) is 5.32 Å². The molecule has 112 valence electrons. The average Bonchev–Trinajstić information content (AvgIpc) is 2.43. The van der Waals surface area contributed by atoms with Gasteiger partial charge in [0.2, 0.25) is 0 Å². The summed E-state index contributed by atoms with van der Waals surface area (Å²) in [6.45, 7) is 5.06. The number of benzene rings is 1. The molecule has 0 radical (unpaired) electrons. The van der Waals surface area contributed by atoms with Crippen LogP contribution in [0.2, 0.25) is 0 Å². The molecule has 0 aromatic heterocycles. The van der Waals surface area contributed by atoms with Crippen molar-refractivity contribution in [1.29, 1.82) is 0 Å². The summed E-state index contributed by atoms with van der Waals surface area (Å²) in [4.78, 5) is 10.5. The molecule has 0 saturated heterocycles. The van der Waals surface area contributed by atoms with Gasteiger partial charge in [0.05, 0.1) is 31.2 Å². The molecule has 0 spiro atoms. The molecule has 6 nitrogen and oxygen atoms in total. The van der Waals surface area contributed by atoms with Crippen molar-refractivity contribution in [2.75, 3.05) is 33.4 Å². The zero-order chi connectivity index (χ0) is 14.8. The minimum absolute atomic E-state index is 0.0386. The molecule has 0 heterocycles. The Kier molecular flexibility index (Phi) is 7.60. The molecule has 0 unspecified atom stereocenters. The lowest BCUT2D eigenvalue weighted by Gasteiger charge is -2.07. The van der Waals surface area contributed by atoms with Gasteiger partial charge in [-0.15, -0.1) is 0 Å². The zero-order valence-electron chi connectivity index (χ0n) is 12.1. The Morgan fingerprint density at radius 2 is 2.05 bits per heavy atom. The Hall–Kier alpha value is -1.66. The molecule has 0 aliphatic heterocycles. The minimum Gasteiger partial charge on any atom is -0.487 e. The number of aryl methyl sites for hydroxylation is 1. The molecule has 0 aliphatic carbocycles. The van der Waals surface area contributed by atoms with Crippen molar-refractivity contribution in [3.05, 3.63) is 33.9 Å². The number of nitrogens with two attached hydrogens (primary N) is 1. The van der Waals surface area contributed by atoms with Crippen LogP contribution in [0.15, 0.2) is 18.2 Å². The number of quaternary nitrogens is 1. The Morgan fingerprint density at radius 3 is 2.75 bits per heavy atom. The number of unbranched alkanes of at least 4 members (excludes halogenated alkanes) is 1. The van der Waals surface area contributed by atoms with E-state index in [4.69, 9.17) is 9.47 Å². The molecule has 1 rings (SSSR count). The largest absolute Gasteiger partial charge is 0.487 e. The molecule has 6 heteroatoms. The first kappa shape index (κ1) is 16.4. The molecule has 1 aromatic rings. The summed E-state index contributed by atoms with van der Waals surface area (Å²) in [6, 6.07) is 5.02. The van der Waals surface area contributed by atoms with E-state index < -0.39 is 4.92 Å². The number of methoxy groups -OCH3 is 1. The van der Waals surface area contributed by atoms with Gasteiger partial charge < -0.3 is 14.8 Å². The van der Waals surface area contributed by atoms with Crippen LogP contribution in [0.1, 0.15) is 18.4 Å². The first-order chi connectivity index (χ1) is 9.65. The molecule has 20 heavy (non-hydrogen) atoms. The second kappa shape index (κ2) is 9.28. The molecule has 2 N–H and O–H groups in total. The first-order valence-corrected chi connectivity index (χ1v) is 6.83. The van der Waals surface area contributed by atoms with Gasteiger partial charge in [-0.3, -0.25) is 10.1 Å². The number of hydrogen-bond acceptors (Lipinski definition) is 4. The smallest absolute Gasteiger partial charge is 0.311 e. The Bertz CT molecular complexity index is 424. The first-order valence-electron chi connectivity index (χ1n) is 6.83. The van der Waals surface area contributed by atoms with E-state index in [9.17, 15) is 10.1 Å². The lowest BCUT2D eigenvalue weighted by atomic mass is 10.2. The van der Waals surface area contributed by atoms with Gasteiger partial charge in [-0.1, -0.05) is 6.07 Å². The number of nitro groups is 1. The quantitative estimate of drug-likeness (QED) is 0.398. The molecular formula is C14H23N2O4+. The van der Waals surface area contributed by atoms with Crippen molar-refractivity contribution >= 4 is 5.69 Å². The van der Waals surface area contributed by atoms with E-state index >= 15 is 0 Å². The fraction of sp³-hybridized carbons (Fsp3) is 0.571. The van der Waals surface area contributed by atoms with E-state index in [0.717, 1.165) is 38.1 Å². The van der Waals surface area contributed by atoms with E-state index in [1.807, 2.05) is 13.0 Å². The van der Waals surface area contributed by atoms with Crippen LogP contribution >= 0.6 is 0 Å². The summed E-state index contributed by atoms with van der Waals surface area (Å²) in [5, 5.41) is 13.1. The molecule has 0 saturated carbocycles. The van der Waals surface area contributed by atoms with Crippen LogP contribution in [0.4, 0.5) is 5.69 Å². The fourth-order valence-electron chi connectivity index (χ4n) is 1.81. The maximum absolute atomic E-state index is 10.9. The third-order valence-corrected chi connectivity index (χ3v) is 2.90. The van der Waals surface area contributed by atoms with Crippen LogP contribution in [0.5, 0.6) is 5.75 Å². The lowest BCUT2D eigenvalue weighted by molar-refractivity contribution is -0.656. The van der Waals surface area contributed by atoms with E-state index in [0.29, 0.717) is 12.4 Å². The maximum Gasteiger partial charge on any atom is 0.311 e. The van der Waals surface area contributed by atoms with Crippen LogP contribution in [0.25, 0.3) is 0 Å². The van der Waals surface area contributed by atoms with E-state index in [-0.39, 0.29) is 5.69 Å². The Labute approximate surface area is 119 Å². The molecule has 0 atom stereocenters. The van der Waals surface area contributed by atoms with Crippen LogP contribution in [-0.4, -0.2) is 38.3 Å². The highest BCUT2D eigenvalue weighted by Gasteiger charge is 2.14. The monoisotopic (exact) mass is 283 g/mol. The molecule has 0 amide bonds. The summed E-state index contributed by atoms with van der Waals surface area (Å²) >= 11 is 0. The minimum atomic E-state index is -0.402. The standard InChI is InChI=1S/C14H22N2O4/c1-12-5-6-14(13(11-12)16(17)18)20-9-4-3-7-15-8-10-19-2/h5-6,11,15H,3-4,7-10H2,1-2H3/p+1. The number of ether oxygens (including phenoxy) is 2. The zero-order valence-corrected chi connectivity index (χ0v) is 12.1. The van der Waals surface area contributed by atoms with Gasteiger partial charge in [-0.05, 0) is 31.4 Å². The molecule has 0 bridgehead atoms. The third-order valence-electron chi connectivity index (χ3n) is 2.90. The molecule has 0 fully saturated rings. The average molecular weight is 283 g/mol. The second-order valence-electron chi connectivity index (χ2n) is 4.64. The number of nitro benzene ring substituents is 1. The van der Waals surface area contributed by atoms with Gasteiger partial charge in [0, 0.05) is 13.2 Å². The molecular weight excluding hydrogens is 260 g/mol. The van der Waals surface area contributed by atoms with Gasteiger partial charge in [0.25, 0.3) is 0 Å². The predicted octanol–water partition coefficient (Wildman–Crippen LogP) is 1.27. The summed E-state index contributed by atoms with van der Waals surface area (Å²) in [5.74, 6) is 0.351. The molecule has 1 aromatic carbocycles. The summed E-state index contributed by atoms with van der Waals surface area (Å²) in [7, 11) is 1.69. The van der Waals surface area contributed by atoms with Crippen molar-refractivity contribution < 1.29 is 19.7 Å². The Morgan fingerprint density at radius 1 is 1.25 bits per heavy atom. The highest BCUT2D eigenvalue weighted by Crippen LogP contribution is 2.27. The highest BCUT2D eigenvalue weighted by molar-refractivity contribution is 5.48. The highest BCUT2D eigenvalue weighted by atomic mass is 16.6. The predicted molar refractivity (Wildman–Crippen MR) is 76.1 cm³/mol.